The maximum absolute atomic E-state index is 14.5. The van der Waals surface area contributed by atoms with E-state index < -0.39 is 55.0 Å². The molecule has 0 spiro atoms. The summed E-state index contributed by atoms with van der Waals surface area (Å²) in [5.41, 5.74) is 10.9. The number of nitrogens with one attached hydrogen (secondary N) is 4. The Balaban J connectivity index is 0.935. The van der Waals surface area contributed by atoms with Gasteiger partial charge in [0.05, 0.1) is 16.7 Å². The van der Waals surface area contributed by atoms with Crippen LogP contribution < -0.4 is 32.3 Å². The average molecular weight is 935 g/mol. The number of aryl methyl sites for hydroxylation is 4. The van der Waals surface area contributed by atoms with E-state index in [2.05, 4.69) is 39.6 Å². The molecule has 3 aromatic carbocycles. The van der Waals surface area contributed by atoms with Gasteiger partial charge < -0.3 is 36.5 Å². The molecule has 1 fully saturated rings. The molecule has 5 heterocycles. The predicted molar refractivity (Wildman–Crippen MR) is 250 cm³/mol. The number of primary amides is 1. The highest BCUT2D eigenvalue weighted by atomic mass is 31.2. The summed E-state index contributed by atoms with van der Waals surface area (Å²) in [6, 6.07) is 12.6. The highest BCUT2D eigenvalue weighted by molar-refractivity contribution is 7.70. The number of hydrogen-bond acceptors (Lipinski definition) is 8. The number of H-pyrrole nitrogens is 1. The largest absolute Gasteiger partial charge is 0.396 e. The average Bonchev–Trinajstić information content (AvgIpc) is 3.93. The number of nitrogens with two attached hydrogens (primary N) is 1. The summed E-state index contributed by atoms with van der Waals surface area (Å²) in [4.78, 5) is 115. The molecule has 8 N–H and O–H groups in total. The van der Waals surface area contributed by atoms with Crippen LogP contribution in [0.25, 0.3) is 21.9 Å². The molecule has 0 radical (unpaired) electrons. The number of amides is 5. The van der Waals surface area contributed by atoms with Gasteiger partial charge in [0.1, 0.15) is 23.8 Å². The number of nitrogens with zero attached hydrogens (tertiary/aromatic N) is 3. The van der Waals surface area contributed by atoms with Gasteiger partial charge in [-0.05, 0) is 123 Å². The SMILES string of the molecule is C=C1CCC(n2c(=O)n(C)c3cc(CCCCCCc4cc5c6c(c4)C[C@@H](C(=O)N[C@H](C)CCC(N)=O)N6C(=O)[C@@H](NC(=O)c4cc6cc(C(=O)P(=O)(O)O)ccc6[nH]4)CC5)ccc32)C(=O)N1. The normalized spacial score (nSPS) is 18.7. The van der Waals surface area contributed by atoms with Crippen molar-refractivity contribution in [3.05, 3.63) is 111 Å². The quantitative estimate of drug-likeness (QED) is 0.0515. The Kier molecular flexibility index (Phi) is 13.3. The van der Waals surface area contributed by atoms with Crippen LogP contribution in [0.15, 0.2) is 71.7 Å². The van der Waals surface area contributed by atoms with Gasteiger partial charge in [-0.15, -0.1) is 0 Å². The third-order valence-corrected chi connectivity index (χ3v) is 14.0. The minimum Gasteiger partial charge on any atom is -0.370 e. The van der Waals surface area contributed by atoms with Crippen molar-refractivity contribution in [2.45, 2.75) is 115 Å². The number of piperidine rings is 1. The minimum atomic E-state index is -5.03. The van der Waals surface area contributed by atoms with Crippen LogP contribution in [0.3, 0.4) is 0 Å². The zero-order valence-corrected chi connectivity index (χ0v) is 38.3. The number of allylic oxidation sites excluding steroid dienone is 1. The maximum Gasteiger partial charge on any atom is 0.396 e. The van der Waals surface area contributed by atoms with Gasteiger partial charge in [-0.25, -0.2) is 4.79 Å². The first-order valence-corrected chi connectivity index (χ1v) is 24.3. The molecule has 3 aliphatic rings. The van der Waals surface area contributed by atoms with E-state index in [9.17, 15) is 47.9 Å². The lowest BCUT2D eigenvalue weighted by molar-refractivity contribution is -0.127. The molecule has 352 valence electrons. The number of rotatable bonds is 17. The van der Waals surface area contributed by atoms with Crippen molar-refractivity contribution < 1.29 is 43.1 Å². The lowest BCUT2D eigenvalue weighted by Crippen LogP contribution is -2.55. The summed E-state index contributed by atoms with van der Waals surface area (Å²) >= 11 is 0. The Morgan fingerprint density at radius 1 is 0.910 bits per heavy atom. The number of carbonyl (C=O) groups is 6. The van der Waals surface area contributed by atoms with Crippen LogP contribution in [0.4, 0.5) is 5.69 Å². The van der Waals surface area contributed by atoms with Gasteiger partial charge in [-0.3, -0.25) is 47.4 Å². The second-order valence-electron chi connectivity index (χ2n) is 18.1. The van der Waals surface area contributed by atoms with E-state index in [0.717, 1.165) is 71.8 Å². The van der Waals surface area contributed by atoms with Crippen molar-refractivity contribution in [3.8, 4) is 0 Å². The van der Waals surface area contributed by atoms with E-state index in [0.29, 0.717) is 48.0 Å². The molecule has 0 aliphatic carbocycles. The summed E-state index contributed by atoms with van der Waals surface area (Å²) in [5.74, 6) is -2.17. The summed E-state index contributed by atoms with van der Waals surface area (Å²) in [6.45, 7) is 5.62. The number of hydrogen-bond donors (Lipinski definition) is 7. The van der Waals surface area contributed by atoms with Crippen LogP contribution in [0.2, 0.25) is 0 Å². The van der Waals surface area contributed by atoms with Gasteiger partial charge in [0.2, 0.25) is 23.6 Å². The lowest BCUT2D eigenvalue weighted by atomic mass is 9.95. The van der Waals surface area contributed by atoms with Crippen molar-refractivity contribution in [1.82, 2.24) is 30.1 Å². The summed E-state index contributed by atoms with van der Waals surface area (Å²) in [7, 11) is -3.30. The lowest BCUT2D eigenvalue weighted by Gasteiger charge is -2.28. The van der Waals surface area contributed by atoms with Gasteiger partial charge in [-0.1, -0.05) is 37.6 Å². The van der Waals surface area contributed by atoms with Crippen LogP contribution in [-0.4, -0.2) is 77.1 Å². The van der Waals surface area contributed by atoms with Crippen molar-refractivity contribution in [2.24, 2.45) is 12.8 Å². The first-order valence-electron chi connectivity index (χ1n) is 22.7. The molecule has 1 unspecified atom stereocenters. The molecule has 18 nitrogen and oxygen atoms in total. The summed E-state index contributed by atoms with van der Waals surface area (Å²) in [6.07, 6.45) is 7.90. The molecular formula is C48H55N8O10P. The molecule has 3 aliphatic heterocycles. The molecule has 5 amide bonds. The van der Waals surface area contributed by atoms with E-state index in [1.165, 1.54) is 29.2 Å². The second kappa shape index (κ2) is 18.9. The van der Waals surface area contributed by atoms with E-state index in [1.807, 2.05) is 18.2 Å². The van der Waals surface area contributed by atoms with Gasteiger partial charge in [0, 0.05) is 48.1 Å². The van der Waals surface area contributed by atoms with Gasteiger partial charge in [0.15, 0.2) is 0 Å². The molecule has 2 aromatic heterocycles. The zero-order valence-electron chi connectivity index (χ0n) is 37.4. The number of anilines is 1. The highest BCUT2D eigenvalue weighted by Gasteiger charge is 2.45. The third-order valence-electron chi connectivity index (χ3n) is 13.2. The standard InChI is InChI=1S/C48H55N8O10P/c1-26-10-17-38(44(59)50-26)55-37-18-12-28(22-39(37)54(3)48(55)63)8-6-4-5-7-9-29-20-30-13-16-35(53-43(58)36-24-32-23-31(14-15-34(32)52-36)47(62)67(64,65)66)46(61)56-40(25-33(21-29)42(30)56)45(60)51-27(2)11-19-41(49)57/h12,14-15,18,20-24,27,35,38,40,52H,1,4-11,13,16-17,19,25H2,2-3H3,(H2,49,57)(H,50,59)(H,51,60)(H,53,58)(H2,64,65,66)/t27-,35+,38?,40+/m1/s1. The van der Waals surface area contributed by atoms with Crippen LogP contribution >= 0.6 is 7.60 Å². The van der Waals surface area contributed by atoms with E-state index in [4.69, 9.17) is 5.73 Å². The fourth-order valence-electron chi connectivity index (χ4n) is 9.73. The number of fused-ring (bicyclic) bond motifs is 2. The number of carbonyl (C=O) groups excluding carboxylic acids is 6. The predicted octanol–water partition coefficient (Wildman–Crippen LogP) is 4.22. The molecule has 4 atom stereocenters. The van der Waals surface area contributed by atoms with Crippen molar-refractivity contribution in [1.29, 1.82) is 0 Å². The first-order chi connectivity index (χ1) is 31.9. The fourth-order valence-corrected chi connectivity index (χ4v) is 10.2. The highest BCUT2D eigenvalue weighted by Crippen LogP contribution is 2.41. The number of benzene rings is 3. The molecule has 0 bridgehead atoms. The Morgan fingerprint density at radius 3 is 2.36 bits per heavy atom. The molecule has 1 saturated heterocycles. The number of aromatic nitrogens is 3. The monoisotopic (exact) mass is 934 g/mol. The van der Waals surface area contributed by atoms with Crippen molar-refractivity contribution >= 4 is 70.3 Å². The maximum atomic E-state index is 14.5. The summed E-state index contributed by atoms with van der Waals surface area (Å²) in [5, 5.41) is 8.94. The Hall–Kier alpha value is -6.62. The van der Waals surface area contributed by atoms with Crippen molar-refractivity contribution in [2.75, 3.05) is 4.90 Å². The van der Waals surface area contributed by atoms with Crippen molar-refractivity contribution in [3.63, 3.8) is 0 Å². The van der Waals surface area contributed by atoms with Crippen LogP contribution in [0, 0.1) is 0 Å². The molecular weight excluding hydrogens is 880 g/mol. The summed E-state index contributed by atoms with van der Waals surface area (Å²) < 4.78 is 14.8. The molecule has 0 saturated carbocycles. The first kappa shape index (κ1) is 46.9. The van der Waals surface area contributed by atoms with Crippen LogP contribution in [-0.2, 0) is 56.5 Å². The fraction of sp³-hybridized carbons (Fsp3) is 0.396. The topological polar surface area (TPSA) is 268 Å². The number of unbranched alkanes of at least 4 members (excludes halogenated alkanes) is 3. The van der Waals surface area contributed by atoms with Crippen LogP contribution in [0.1, 0.15) is 114 Å². The Bertz CT molecular complexity index is 2980. The smallest absolute Gasteiger partial charge is 0.370 e. The number of aromatic amines is 1. The van der Waals surface area contributed by atoms with Gasteiger partial charge in [-0.2, -0.15) is 0 Å². The van der Waals surface area contributed by atoms with Crippen LogP contribution in [0.5, 0.6) is 0 Å². The molecule has 5 aromatic rings. The minimum absolute atomic E-state index is 0.0639. The number of imidazole rings is 1. The van der Waals surface area contributed by atoms with E-state index in [-0.39, 0.29) is 48.0 Å². The van der Waals surface area contributed by atoms with E-state index in [1.54, 1.807) is 23.1 Å². The Morgan fingerprint density at radius 2 is 1.64 bits per heavy atom. The molecule has 8 rings (SSSR count). The van der Waals surface area contributed by atoms with E-state index >= 15 is 0 Å². The third kappa shape index (κ3) is 9.78. The van der Waals surface area contributed by atoms with Gasteiger partial charge >= 0.3 is 13.3 Å². The Labute approximate surface area is 385 Å². The second-order valence-corrected chi connectivity index (χ2v) is 19.6. The molecule has 67 heavy (non-hydrogen) atoms. The zero-order chi connectivity index (χ0) is 47.9. The van der Waals surface area contributed by atoms with Gasteiger partial charge in [0.25, 0.3) is 11.4 Å². The molecule has 19 heteroatoms.